The van der Waals surface area contributed by atoms with Crippen molar-refractivity contribution in [1.82, 2.24) is 10.3 Å². The third kappa shape index (κ3) is 3.67. The molecule has 5 heteroatoms. The van der Waals surface area contributed by atoms with E-state index in [1.54, 1.807) is 18.4 Å². The highest BCUT2D eigenvalue weighted by atomic mass is 32.1. The molecular formula is C20H21N3OS. The van der Waals surface area contributed by atoms with E-state index in [2.05, 4.69) is 39.9 Å². The van der Waals surface area contributed by atoms with Crippen LogP contribution in [0.25, 0.3) is 0 Å². The van der Waals surface area contributed by atoms with Gasteiger partial charge in [0.25, 0.3) is 0 Å². The van der Waals surface area contributed by atoms with E-state index in [0.717, 1.165) is 23.1 Å². The zero-order chi connectivity index (χ0) is 17.1. The molecule has 0 fully saturated rings. The summed E-state index contributed by atoms with van der Waals surface area (Å²) in [6, 6.07) is 17.1. The number of rotatable bonds is 6. The van der Waals surface area contributed by atoms with Crippen LogP contribution in [-0.2, 0) is 13.0 Å². The fourth-order valence-corrected chi connectivity index (χ4v) is 4.02. The molecule has 25 heavy (non-hydrogen) atoms. The minimum Gasteiger partial charge on any atom is -0.497 e. The first-order chi connectivity index (χ1) is 12.3. The molecule has 1 aliphatic carbocycles. The van der Waals surface area contributed by atoms with Gasteiger partial charge in [-0.1, -0.05) is 24.3 Å². The topological polar surface area (TPSA) is 46.2 Å². The van der Waals surface area contributed by atoms with Crippen LogP contribution in [0.15, 0.2) is 54.7 Å². The molecule has 0 saturated carbocycles. The fourth-order valence-electron chi connectivity index (χ4n) is 3.24. The minimum absolute atomic E-state index is 0.455. The van der Waals surface area contributed by atoms with Crippen LogP contribution in [0.3, 0.4) is 0 Å². The number of aromatic nitrogens is 1. The van der Waals surface area contributed by atoms with Crippen molar-refractivity contribution in [2.45, 2.75) is 25.4 Å². The van der Waals surface area contributed by atoms with Gasteiger partial charge in [-0.2, -0.15) is 0 Å². The summed E-state index contributed by atoms with van der Waals surface area (Å²) in [6.45, 7) is 0.848. The minimum atomic E-state index is 0.455. The maximum Gasteiger partial charge on any atom is 0.187 e. The molecule has 1 aromatic heterocycles. The van der Waals surface area contributed by atoms with E-state index >= 15 is 0 Å². The van der Waals surface area contributed by atoms with Crippen LogP contribution in [0.5, 0.6) is 5.75 Å². The Hall–Kier alpha value is -2.37. The number of methoxy groups -OCH3 is 1. The second-order valence-corrected chi connectivity index (χ2v) is 7.27. The lowest BCUT2D eigenvalue weighted by Gasteiger charge is -2.12. The standard InChI is InChI=1S/C20H21N3OS/c1-24-16-9-7-15(8-10-16)23-20-22-13-17(25-20)12-21-19-11-6-14-4-2-3-5-18(14)19/h2-5,7-10,13,19,21H,6,11-12H2,1H3,(H,22,23). The maximum atomic E-state index is 5.18. The Morgan fingerprint density at radius 2 is 2.00 bits per heavy atom. The highest BCUT2D eigenvalue weighted by molar-refractivity contribution is 7.15. The van der Waals surface area contributed by atoms with Crippen molar-refractivity contribution in [1.29, 1.82) is 0 Å². The van der Waals surface area contributed by atoms with E-state index in [-0.39, 0.29) is 0 Å². The fraction of sp³-hybridized carbons (Fsp3) is 0.250. The van der Waals surface area contributed by atoms with Gasteiger partial charge in [0.1, 0.15) is 5.75 Å². The van der Waals surface area contributed by atoms with Gasteiger partial charge < -0.3 is 15.4 Å². The molecule has 0 amide bonds. The Morgan fingerprint density at radius 3 is 2.84 bits per heavy atom. The van der Waals surface area contributed by atoms with E-state index < -0.39 is 0 Å². The monoisotopic (exact) mass is 351 g/mol. The molecule has 1 aliphatic rings. The summed E-state index contributed by atoms with van der Waals surface area (Å²) < 4.78 is 5.18. The van der Waals surface area contributed by atoms with Crippen molar-refractivity contribution in [3.05, 3.63) is 70.7 Å². The van der Waals surface area contributed by atoms with Crippen LogP contribution in [0.2, 0.25) is 0 Å². The third-order valence-corrected chi connectivity index (χ3v) is 5.46. The number of nitrogens with one attached hydrogen (secondary N) is 2. The van der Waals surface area contributed by atoms with Crippen LogP contribution < -0.4 is 15.4 Å². The number of hydrogen-bond donors (Lipinski definition) is 2. The Balaban J connectivity index is 1.35. The van der Waals surface area contributed by atoms with Crippen LogP contribution >= 0.6 is 11.3 Å². The van der Waals surface area contributed by atoms with Crippen molar-refractivity contribution in [2.75, 3.05) is 12.4 Å². The summed E-state index contributed by atoms with van der Waals surface area (Å²) in [6.07, 6.45) is 4.29. The number of ether oxygens (including phenoxy) is 1. The molecule has 0 spiro atoms. The van der Waals surface area contributed by atoms with Gasteiger partial charge in [0.15, 0.2) is 5.13 Å². The molecule has 0 aliphatic heterocycles. The summed E-state index contributed by atoms with van der Waals surface area (Å²) in [5, 5.41) is 7.93. The van der Waals surface area contributed by atoms with Crippen molar-refractivity contribution in [3.63, 3.8) is 0 Å². The van der Waals surface area contributed by atoms with Crippen LogP contribution in [0, 0.1) is 0 Å². The number of anilines is 2. The van der Waals surface area contributed by atoms with Crippen molar-refractivity contribution >= 4 is 22.2 Å². The quantitative estimate of drug-likeness (QED) is 0.677. The molecule has 1 atom stereocenters. The summed E-state index contributed by atoms with van der Waals surface area (Å²) in [5.74, 6) is 0.853. The van der Waals surface area contributed by atoms with Gasteiger partial charge in [0, 0.05) is 29.3 Å². The average molecular weight is 351 g/mol. The molecule has 2 N–H and O–H groups in total. The number of aryl methyl sites for hydroxylation is 1. The SMILES string of the molecule is COc1ccc(Nc2ncc(CNC3CCc4ccccc43)s2)cc1. The molecule has 2 aromatic carbocycles. The summed E-state index contributed by atoms with van der Waals surface area (Å²) in [7, 11) is 1.67. The first kappa shape index (κ1) is 16.1. The van der Waals surface area contributed by atoms with Gasteiger partial charge in [0.05, 0.1) is 7.11 Å². The molecule has 4 rings (SSSR count). The molecule has 4 nitrogen and oxygen atoms in total. The van der Waals surface area contributed by atoms with Gasteiger partial charge in [-0.05, 0) is 48.2 Å². The average Bonchev–Trinajstić information content (AvgIpc) is 3.27. The van der Waals surface area contributed by atoms with Gasteiger partial charge in [-0.15, -0.1) is 11.3 Å². The third-order valence-electron chi connectivity index (χ3n) is 4.55. The van der Waals surface area contributed by atoms with Gasteiger partial charge >= 0.3 is 0 Å². The summed E-state index contributed by atoms with van der Waals surface area (Å²) >= 11 is 1.69. The smallest absolute Gasteiger partial charge is 0.187 e. The first-order valence-electron chi connectivity index (χ1n) is 8.49. The predicted molar refractivity (Wildman–Crippen MR) is 103 cm³/mol. The Labute approximate surface area is 151 Å². The molecule has 0 bridgehead atoms. The lowest BCUT2D eigenvalue weighted by molar-refractivity contribution is 0.415. The van der Waals surface area contributed by atoms with Crippen LogP contribution in [-0.4, -0.2) is 12.1 Å². The zero-order valence-corrected chi connectivity index (χ0v) is 15.0. The Morgan fingerprint density at radius 1 is 1.16 bits per heavy atom. The predicted octanol–water partition coefficient (Wildman–Crippen LogP) is 4.67. The highest BCUT2D eigenvalue weighted by Crippen LogP contribution is 2.31. The number of fused-ring (bicyclic) bond motifs is 1. The number of nitrogens with zero attached hydrogens (tertiary/aromatic N) is 1. The summed E-state index contributed by atoms with van der Waals surface area (Å²) in [5.41, 5.74) is 3.94. The van der Waals surface area contributed by atoms with Crippen molar-refractivity contribution in [2.24, 2.45) is 0 Å². The van der Waals surface area contributed by atoms with E-state index in [1.165, 1.54) is 28.8 Å². The maximum absolute atomic E-state index is 5.18. The normalized spacial score (nSPS) is 15.8. The number of benzene rings is 2. The molecule has 1 heterocycles. The molecule has 0 radical (unpaired) electrons. The summed E-state index contributed by atoms with van der Waals surface area (Å²) in [4.78, 5) is 5.72. The Bertz CT molecular complexity index is 844. The second kappa shape index (κ2) is 7.25. The second-order valence-electron chi connectivity index (χ2n) is 6.16. The highest BCUT2D eigenvalue weighted by Gasteiger charge is 2.21. The van der Waals surface area contributed by atoms with Crippen LogP contribution in [0.1, 0.15) is 28.5 Å². The zero-order valence-electron chi connectivity index (χ0n) is 14.2. The molecule has 3 aromatic rings. The van der Waals surface area contributed by atoms with E-state index in [0.29, 0.717) is 6.04 Å². The van der Waals surface area contributed by atoms with Crippen molar-refractivity contribution in [3.8, 4) is 5.75 Å². The number of thiazole rings is 1. The molecule has 128 valence electrons. The van der Waals surface area contributed by atoms with Crippen LogP contribution in [0.4, 0.5) is 10.8 Å². The van der Waals surface area contributed by atoms with E-state index in [1.807, 2.05) is 30.5 Å². The van der Waals surface area contributed by atoms with Gasteiger partial charge in [-0.3, -0.25) is 0 Å². The lowest BCUT2D eigenvalue weighted by Crippen LogP contribution is -2.17. The van der Waals surface area contributed by atoms with E-state index in [9.17, 15) is 0 Å². The van der Waals surface area contributed by atoms with Gasteiger partial charge in [0.2, 0.25) is 0 Å². The number of hydrogen-bond acceptors (Lipinski definition) is 5. The Kier molecular flexibility index (Phi) is 4.68. The van der Waals surface area contributed by atoms with Crippen molar-refractivity contribution < 1.29 is 4.74 Å². The first-order valence-corrected chi connectivity index (χ1v) is 9.30. The molecule has 0 saturated heterocycles. The van der Waals surface area contributed by atoms with E-state index in [4.69, 9.17) is 4.74 Å². The molecule has 1 unspecified atom stereocenters. The largest absolute Gasteiger partial charge is 0.497 e. The lowest BCUT2D eigenvalue weighted by atomic mass is 10.1. The van der Waals surface area contributed by atoms with Gasteiger partial charge in [-0.25, -0.2) is 4.98 Å². The molecular weight excluding hydrogens is 330 g/mol.